The second kappa shape index (κ2) is 9.31. The van der Waals surface area contributed by atoms with Gasteiger partial charge in [0.25, 0.3) is 0 Å². The molecule has 2 aliphatic rings. The summed E-state index contributed by atoms with van der Waals surface area (Å²) < 4.78 is 25.7. The number of piperidine rings is 1. The van der Waals surface area contributed by atoms with Crippen LogP contribution in [0.25, 0.3) is 0 Å². The third-order valence-corrected chi connectivity index (χ3v) is 7.77. The summed E-state index contributed by atoms with van der Waals surface area (Å²) in [5, 5.41) is 0. The van der Waals surface area contributed by atoms with Gasteiger partial charge in [0.2, 0.25) is 0 Å². The van der Waals surface area contributed by atoms with Crippen LogP contribution in [0.3, 0.4) is 0 Å². The third-order valence-electron chi connectivity index (χ3n) is 6.37. The Labute approximate surface area is 174 Å². The van der Waals surface area contributed by atoms with Crippen LogP contribution in [-0.4, -0.2) is 34.0 Å². The van der Waals surface area contributed by atoms with E-state index < -0.39 is 10.8 Å². The second-order valence-corrected chi connectivity index (χ2v) is 9.69. The summed E-state index contributed by atoms with van der Waals surface area (Å²) in [6, 6.07) is 13.5. The quantitative estimate of drug-likeness (QED) is 0.631. The molecule has 29 heavy (non-hydrogen) atoms. The summed E-state index contributed by atoms with van der Waals surface area (Å²) in [6.45, 7) is 2.04. The lowest BCUT2D eigenvalue weighted by molar-refractivity contribution is 0.0747. The number of ketones is 1. The second-order valence-electron chi connectivity index (χ2n) is 8.21. The molecule has 1 heterocycles. The van der Waals surface area contributed by atoms with Gasteiger partial charge in [-0.3, -0.25) is 4.79 Å². The van der Waals surface area contributed by atoms with E-state index in [0.717, 1.165) is 32.0 Å². The normalized spacial score (nSPS) is 20.4. The Hall–Kier alpha value is -1.85. The van der Waals surface area contributed by atoms with Gasteiger partial charge in [-0.25, -0.2) is 8.60 Å². The van der Waals surface area contributed by atoms with Crippen LogP contribution in [0.4, 0.5) is 4.39 Å². The van der Waals surface area contributed by atoms with Crippen molar-refractivity contribution in [1.82, 2.24) is 4.90 Å². The molecule has 154 valence electrons. The van der Waals surface area contributed by atoms with Gasteiger partial charge in [0, 0.05) is 27.3 Å². The van der Waals surface area contributed by atoms with Gasteiger partial charge in [-0.15, -0.1) is 0 Å². The summed E-state index contributed by atoms with van der Waals surface area (Å²) in [6.07, 6.45) is 8.53. The molecule has 2 aromatic rings. The fourth-order valence-corrected chi connectivity index (χ4v) is 5.68. The molecule has 1 aliphatic carbocycles. The fourth-order valence-electron chi connectivity index (χ4n) is 4.65. The molecule has 2 fully saturated rings. The fraction of sp³-hybridized carbons (Fsp3) is 0.458. The molecule has 0 bridgehead atoms. The molecule has 1 saturated heterocycles. The number of nitrogens with zero attached hydrogens (tertiary/aromatic N) is 1. The van der Waals surface area contributed by atoms with E-state index >= 15 is 0 Å². The predicted molar refractivity (Wildman–Crippen MR) is 113 cm³/mol. The highest BCUT2D eigenvalue weighted by molar-refractivity contribution is 7.85. The van der Waals surface area contributed by atoms with E-state index in [4.69, 9.17) is 0 Å². The zero-order valence-electron chi connectivity index (χ0n) is 16.7. The number of hydrogen-bond donors (Lipinski definition) is 0. The van der Waals surface area contributed by atoms with Crippen LogP contribution < -0.4 is 0 Å². The minimum Gasteiger partial charge on any atom is -0.300 e. The van der Waals surface area contributed by atoms with Crippen LogP contribution in [-0.2, 0) is 10.8 Å². The van der Waals surface area contributed by atoms with E-state index in [9.17, 15) is 13.4 Å². The maximum Gasteiger partial charge on any atom is 0.166 e. The van der Waals surface area contributed by atoms with Crippen LogP contribution in [0, 0.1) is 11.7 Å². The first-order chi connectivity index (χ1) is 14.1. The van der Waals surface area contributed by atoms with Gasteiger partial charge in [0.05, 0.1) is 10.8 Å². The average Bonchev–Trinajstić information content (AvgIpc) is 2.79. The number of Topliss-reactive ketones (excluding diaryl/α,β-unsaturated/α-hetero) is 1. The van der Waals surface area contributed by atoms with Crippen LogP contribution in [0.1, 0.15) is 55.3 Å². The number of hydrogen-bond acceptors (Lipinski definition) is 3. The number of benzene rings is 2. The standard InChI is InChI=1S/C24H28FNO2S/c25-20-8-12-23(13-9-20)29(28)22-10-6-18(7-11-22)24(27)19-14-16-26(17-15-19)21-4-2-1-3-5-21/h6-13,19,21H,1-5,14-17H2. The smallest absolute Gasteiger partial charge is 0.166 e. The molecule has 4 rings (SSSR count). The van der Waals surface area contributed by atoms with Crippen molar-refractivity contribution in [3.8, 4) is 0 Å². The van der Waals surface area contributed by atoms with Gasteiger partial charge >= 0.3 is 0 Å². The van der Waals surface area contributed by atoms with E-state index in [1.54, 1.807) is 24.3 Å². The molecule has 1 atom stereocenters. The van der Waals surface area contributed by atoms with E-state index in [-0.39, 0.29) is 17.5 Å². The van der Waals surface area contributed by atoms with Crippen molar-refractivity contribution in [2.24, 2.45) is 5.92 Å². The monoisotopic (exact) mass is 413 g/mol. The molecule has 1 aliphatic heterocycles. The molecule has 0 amide bonds. The number of carbonyl (C=O) groups excluding carboxylic acids is 1. The average molecular weight is 414 g/mol. The molecule has 3 nitrogen and oxygen atoms in total. The molecule has 5 heteroatoms. The van der Waals surface area contributed by atoms with Crippen molar-refractivity contribution in [3.63, 3.8) is 0 Å². The largest absolute Gasteiger partial charge is 0.300 e. The Morgan fingerprint density at radius 1 is 0.828 bits per heavy atom. The van der Waals surface area contributed by atoms with Crippen molar-refractivity contribution in [1.29, 1.82) is 0 Å². The summed E-state index contributed by atoms with van der Waals surface area (Å²) in [5.41, 5.74) is 0.695. The number of likely N-dealkylation sites (tertiary alicyclic amines) is 1. The summed E-state index contributed by atoms with van der Waals surface area (Å²) in [7, 11) is -1.37. The van der Waals surface area contributed by atoms with Crippen molar-refractivity contribution < 1.29 is 13.4 Å². The van der Waals surface area contributed by atoms with Crippen molar-refractivity contribution >= 4 is 16.6 Å². The first-order valence-corrected chi connectivity index (χ1v) is 11.8. The predicted octanol–water partition coefficient (Wildman–Crippen LogP) is 5.22. The Balaban J connectivity index is 1.36. The first kappa shape index (κ1) is 20.4. The van der Waals surface area contributed by atoms with E-state index in [1.807, 2.05) is 0 Å². The van der Waals surface area contributed by atoms with Gasteiger partial charge in [-0.1, -0.05) is 31.4 Å². The molecule has 0 N–H and O–H groups in total. The van der Waals surface area contributed by atoms with E-state index in [1.165, 1.54) is 56.4 Å². The Bertz CT molecular complexity index is 851. The lowest BCUT2D eigenvalue weighted by Crippen LogP contribution is -2.43. The zero-order chi connectivity index (χ0) is 20.2. The third kappa shape index (κ3) is 4.84. The topological polar surface area (TPSA) is 37.4 Å². The summed E-state index contributed by atoms with van der Waals surface area (Å²) in [5.74, 6) is -0.0584. The molecular formula is C24H28FNO2S. The Morgan fingerprint density at radius 2 is 1.38 bits per heavy atom. The maximum atomic E-state index is 13.1. The van der Waals surface area contributed by atoms with Crippen LogP contribution in [0.2, 0.25) is 0 Å². The molecule has 0 aromatic heterocycles. The molecule has 0 spiro atoms. The minimum absolute atomic E-state index is 0.0864. The van der Waals surface area contributed by atoms with Gasteiger partial charge < -0.3 is 4.90 Å². The number of halogens is 1. The van der Waals surface area contributed by atoms with Crippen LogP contribution >= 0.6 is 0 Å². The lowest BCUT2D eigenvalue weighted by Gasteiger charge is -2.39. The summed E-state index contributed by atoms with van der Waals surface area (Å²) in [4.78, 5) is 16.7. The minimum atomic E-state index is -1.37. The first-order valence-electron chi connectivity index (χ1n) is 10.7. The molecule has 2 aromatic carbocycles. The SMILES string of the molecule is O=C(c1ccc(S(=O)c2ccc(F)cc2)cc1)C1CCN(C2CCCCC2)CC1. The van der Waals surface area contributed by atoms with Gasteiger partial charge in [-0.2, -0.15) is 0 Å². The Kier molecular flexibility index (Phi) is 6.56. The van der Waals surface area contributed by atoms with Crippen molar-refractivity contribution in [2.45, 2.75) is 60.8 Å². The van der Waals surface area contributed by atoms with Crippen molar-refractivity contribution in [3.05, 3.63) is 59.9 Å². The van der Waals surface area contributed by atoms with Crippen LogP contribution in [0.15, 0.2) is 58.3 Å². The summed E-state index contributed by atoms with van der Waals surface area (Å²) >= 11 is 0. The van der Waals surface area contributed by atoms with Gasteiger partial charge in [0.1, 0.15) is 5.82 Å². The highest BCUT2D eigenvalue weighted by Crippen LogP contribution is 2.29. The Morgan fingerprint density at radius 3 is 1.97 bits per heavy atom. The van der Waals surface area contributed by atoms with Crippen molar-refractivity contribution in [2.75, 3.05) is 13.1 Å². The number of carbonyl (C=O) groups is 1. The molecular weight excluding hydrogens is 385 g/mol. The van der Waals surface area contributed by atoms with Gasteiger partial charge in [-0.05, 0) is 75.2 Å². The lowest BCUT2D eigenvalue weighted by atomic mass is 9.86. The highest BCUT2D eigenvalue weighted by atomic mass is 32.2. The molecule has 0 radical (unpaired) electrons. The highest BCUT2D eigenvalue weighted by Gasteiger charge is 2.29. The zero-order valence-corrected chi connectivity index (χ0v) is 17.5. The maximum absolute atomic E-state index is 13.1. The number of rotatable bonds is 5. The van der Waals surface area contributed by atoms with Crippen LogP contribution in [0.5, 0.6) is 0 Å². The van der Waals surface area contributed by atoms with E-state index in [0.29, 0.717) is 15.4 Å². The molecule has 1 saturated carbocycles. The van der Waals surface area contributed by atoms with E-state index in [2.05, 4.69) is 4.90 Å². The molecule has 1 unspecified atom stereocenters. The van der Waals surface area contributed by atoms with Gasteiger partial charge in [0.15, 0.2) is 5.78 Å².